The Morgan fingerprint density at radius 3 is 2.74 bits per heavy atom. The van der Waals surface area contributed by atoms with Crippen LogP contribution in [0.5, 0.6) is 0 Å². The first-order valence-corrected chi connectivity index (χ1v) is 8.82. The van der Waals surface area contributed by atoms with Gasteiger partial charge in [-0.3, -0.25) is 4.68 Å². The molecule has 1 aliphatic heterocycles. The third-order valence-electron chi connectivity index (χ3n) is 4.60. The summed E-state index contributed by atoms with van der Waals surface area (Å²) in [5.41, 5.74) is 12.1. The first kappa shape index (κ1) is 13.9. The molecule has 1 aromatic heterocycles. The molecule has 2 aromatic carbocycles. The van der Waals surface area contributed by atoms with Crippen LogP contribution in [0.25, 0.3) is 6.08 Å². The molecule has 0 radical (unpaired) electrons. The summed E-state index contributed by atoms with van der Waals surface area (Å²) < 4.78 is 23.2. The average molecular weight is 357 g/mol. The molecule has 0 unspecified atom stereocenters. The standard InChI is InChI=1S/C23H22N4/c1-17(24)23-13-20-8-6-7-19(12-11-18-14-25-26(2)15-18)22(20)16-27(23)21-9-4-3-5-10-21/h3-10,13-15,17H,16,24H2,1-2H3/t17-/m0/s1/i2D3. The third-order valence-corrected chi connectivity index (χ3v) is 4.60. The van der Waals surface area contributed by atoms with E-state index in [9.17, 15) is 0 Å². The van der Waals surface area contributed by atoms with E-state index in [1.54, 1.807) is 0 Å². The largest absolute Gasteiger partial charge is 0.339 e. The lowest BCUT2D eigenvalue weighted by Gasteiger charge is -2.34. The molecule has 0 spiro atoms. The van der Waals surface area contributed by atoms with Crippen LogP contribution in [0.1, 0.15) is 33.3 Å². The average Bonchev–Trinajstić information content (AvgIpc) is 3.21. The summed E-state index contributed by atoms with van der Waals surface area (Å²) in [6.45, 7) is 0.341. The Morgan fingerprint density at radius 1 is 1.15 bits per heavy atom. The fourth-order valence-electron chi connectivity index (χ4n) is 3.27. The van der Waals surface area contributed by atoms with Crippen molar-refractivity contribution in [2.45, 2.75) is 19.5 Å². The van der Waals surface area contributed by atoms with Gasteiger partial charge >= 0.3 is 0 Å². The van der Waals surface area contributed by atoms with Gasteiger partial charge in [0.05, 0.1) is 11.8 Å². The number of rotatable bonds is 2. The fraction of sp³-hybridized carbons (Fsp3) is 0.174. The van der Waals surface area contributed by atoms with Crippen molar-refractivity contribution in [1.29, 1.82) is 0 Å². The van der Waals surface area contributed by atoms with E-state index < -0.39 is 6.98 Å². The molecule has 4 rings (SSSR count). The minimum Gasteiger partial charge on any atom is -0.339 e. The van der Waals surface area contributed by atoms with Gasteiger partial charge in [0.1, 0.15) is 0 Å². The summed E-state index contributed by atoms with van der Waals surface area (Å²) in [5, 5.41) is 3.89. The second-order valence-electron chi connectivity index (χ2n) is 6.58. The molecule has 4 nitrogen and oxygen atoms in total. The van der Waals surface area contributed by atoms with Crippen LogP contribution in [-0.4, -0.2) is 15.8 Å². The molecule has 134 valence electrons. The van der Waals surface area contributed by atoms with Crippen molar-refractivity contribution in [1.82, 2.24) is 9.78 Å². The van der Waals surface area contributed by atoms with E-state index in [2.05, 4.69) is 46.1 Å². The summed E-state index contributed by atoms with van der Waals surface area (Å²) in [6.07, 6.45) is 5.03. The van der Waals surface area contributed by atoms with Crippen molar-refractivity contribution in [3.63, 3.8) is 0 Å². The van der Waals surface area contributed by atoms with Crippen molar-refractivity contribution in [3.8, 4) is 11.8 Å². The molecule has 0 saturated carbocycles. The lowest BCUT2D eigenvalue weighted by atomic mass is 9.94. The highest BCUT2D eigenvalue weighted by atomic mass is 15.2. The van der Waals surface area contributed by atoms with E-state index in [1.807, 2.05) is 37.3 Å². The molecule has 0 saturated heterocycles. The van der Waals surface area contributed by atoms with E-state index in [-0.39, 0.29) is 6.04 Å². The van der Waals surface area contributed by atoms with Crippen LogP contribution in [0.2, 0.25) is 0 Å². The zero-order valence-electron chi connectivity index (χ0n) is 18.1. The maximum Gasteiger partial charge on any atom is 0.0646 e. The first-order chi connectivity index (χ1) is 14.3. The van der Waals surface area contributed by atoms with Gasteiger partial charge in [-0.05, 0) is 42.3 Å². The Kier molecular flexibility index (Phi) is 3.67. The Morgan fingerprint density at radius 2 is 2.00 bits per heavy atom. The smallest absolute Gasteiger partial charge is 0.0646 e. The molecule has 4 heteroatoms. The summed E-state index contributed by atoms with van der Waals surface area (Å²) in [6, 6.07) is 16.1. The highest BCUT2D eigenvalue weighted by Crippen LogP contribution is 2.32. The van der Waals surface area contributed by atoms with Crippen molar-refractivity contribution < 1.29 is 4.11 Å². The van der Waals surface area contributed by atoms with Gasteiger partial charge in [0.2, 0.25) is 0 Å². The molecule has 2 heterocycles. The van der Waals surface area contributed by atoms with Crippen LogP contribution in [-0.2, 0) is 13.5 Å². The van der Waals surface area contributed by atoms with Crippen LogP contribution < -0.4 is 10.6 Å². The van der Waals surface area contributed by atoms with Gasteiger partial charge < -0.3 is 10.6 Å². The van der Waals surface area contributed by atoms with Crippen molar-refractivity contribution >= 4 is 11.8 Å². The molecule has 0 bridgehead atoms. The van der Waals surface area contributed by atoms with Gasteiger partial charge in [-0.15, -0.1) is 0 Å². The SMILES string of the molecule is [2H]C([2H])([2H])n1cc(C#Cc2cccc3c2CN(c2ccccc2)C([C@H](C)N)=C3)cn1. The number of anilines is 1. The molecular formula is C23H22N4. The van der Waals surface area contributed by atoms with Crippen molar-refractivity contribution in [3.05, 3.63) is 88.9 Å². The minimum absolute atomic E-state index is 0.112. The van der Waals surface area contributed by atoms with E-state index in [0.717, 1.165) is 32.8 Å². The molecule has 1 atom stereocenters. The van der Waals surface area contributed by atoms with E-state index in [4.69, 9.17) is 9.85 Å². The molecule has 0 fully saturated rings. The lowest BCUT2D eigenvalue weighted by Crippen LogP contribution is -2.35. The maximum absolute atomic E-state index is 7.43. The topological polar surface area (TPSA) is 47.1 Å². The molecule has 1 aliphatic rings. The number of hydrogen-bond acceptors (Lipinski definition) is 3. The number of hydrogen-bond donors (Lipinski definition) is 1. The van der Waals surface area contributed by atoms with E-state index >= 15 is 0 Å². The summed E-state index contributed by atoms with van der Waals surface area (Å²) in [5.74, 6) is 6.24. The highest BCUT2D eigenvalue weighted by molar-refractivity contribution is 5.71. The molecule has 0 amide bonds. The van der Waals surface area contributed by atoms with Gasteiger partial charge in [0, 0.05) is 46.8 Å². The van der Waals surface area contributed by atoms with Crippen LogP contribution in [0.3, 0.4) is 0 Å². The highest BCUT2D eigenvalue weighted by Gasteiger charge is 2.23. The van der Waals surface area contributed by atoms with Gasteiger partial charge in [0.25, 0.3) is 0 Å². The first-order valence-electron chi connectivity index (χ1n) is 10.3. The predicted octanol–water partition coefficient (Wildman–Crippen LogP) is 3.53. The minimum atomic E-state index is -2.30. The normalized spacial score (nSPS) is 16.1. The fourth-order valence-corrected chi connectivity index (χ4v) is 3.27. The number of nitrogens with zero attached hydrogens (tertiary/aromatic N) is 3. The maximum atomic E-state index is 7.43. The van der Waals surface area contributed by atoms with Gasteiger partial charge in [-0.1, -0.05) is 42.2 Å². The number of aryl methyl sites for hydroxylation is 1. The quantitative estimate of drug-likeness (QED) is 0.714. The molecular weight excluding hydrogens is 332 g/mol. The van der Waals surface area contributed by atoms with Gasteiger partial charge in [-0.2, -0.15) is 5.10 Å². The molecule has 2 N–H and O–H groups in total. The summed E-state index contributed by atoms with van der Waals surface area (Å²) >= 11 is 0. The Labute approximate surface area is 164 Å². The number of benzene rings is 2. The zero-order valence-corrected chi connectivity index (χ0v) is 15.1. The number of nitrogens with two attached hydrogens (primary N) is 1. The van der Waals surface area contributed by atoms with Crippen LogP contribution in [0.15, 0.2) is 66.6 Å². The van der Waals surface area contributed by atoms with Crippen molar-refractivity contribution in [2.24, 2.45) is 12.7 Å². The van der Waals surface area contributed by atoms with Gasteiger partial charge in [0.15, 0.2) is 0 Å². The lowest BCUT2D eigenvalue weighted by molar-refractivity contribution is 0.767. The second-order valence-corrected chi connectivity index (χ2v) is 6.58. The van der Waals surface area contributed by atoms with E-state index in [0.29, 0.717) is 12.1 Å². The zero-order chi connectivity index (χ0) is 21.3. The van der Waals surface area contributed by atoms with Gasteiger partial charge in [-0.25, -0.2) is 0 Å². The number of fused-ring (bicyclic) bond motifs is 1. The Balaban J connectivity index is 1.72. The van der Waals surface area contributed by atoms with Crippen molar-refractivity contribution in [2.75, 3.05) is 4.90 Å². The van der Waals surface area contributed by atoms with Crippen LogP contribution in [0, 0.1) is 11.8 Å². The van der Waals surface area contributed by atoms with Crippen LogP contribution >= 0.6 is 0 Å². The third kappa shape index (κ3) is 3.51. The predicted molar refractivity (Wildman–Crippen MR) is 110 cm³/mol. The summed E-state index contributed by atoms with van der Waals surface area (Å²) in [7, 11) is 0. The summed E-state index contributed by atoms with van der Waals surface area (Å²) in [4.78, 5) is 2.21. The number of para-hydroxylation sites is 1. The molecule has 3 aromatic rings. The second kappa shape index (κ2) is 7.14. The molecule has 27 heavy (non-hydrogen) atoms. The monoisotopic (exact) mass is 357 g/mol. The van der Waals surface area contributed by atoms with E-state index in [1.165, 1.54) is 12.4 Å². The Hall–Kier alpha value is -3.29. The number of aromatic nitrogens is 2. The molecule has 0 aliphatic carbocycles. The Bertz CT molecular complexity index is 1150. The van der Waals surface area contributed by atoms with Crippen LogP contribution in [0.4, 0.5) is 5.69 Å².